The molecule has 26 heavy (non-hydrogen) atoms. The first-order valence-corrected chi connectivity index (χ1v) is 8.83. The van der Waals surface area contributed by atoms with Gasteiger partial charge in [0.1, 0.15) is 0 Å². The lowest BCUT2D eigenvalue weighted by molar-refractivity contribution is 0.371. The Balaban J connectivity index is 0.00000338. The van der Waals surface area contributed by atoms with E-state index in [1.807, 2.05) is 13.8 Å². The summed E-state index contributed by atoms with van der Waals surface area (Å²) < 4.78 is 5.25. The molecular weight excluding hydrogens is 441 g/mol. The second-order valence-corrected chi connectivity index (χ2v) is 6.65. The molecule has 0 saturated heterocycles. The SMILES string of the molecule is CN=C(NCCc1nc(C(C)C)no1)NCC(C)c1cccc(C)c1.I. The molecule has 1 heterocycles. The van der Waals surface area contributed by atoms with Gasteiger partial charge in [0.25, 0.3) is 0 Å². The number of rotatable bonds is 7. The van der Waals surface area contributed by atoms with Gasteiger partial charge in [-0.15, -0.1) is 24.0 Å². The number of benzene rings is 1. The van der Waals surface area contributed by atoms with Crippen LogP contribution < -0.4 is 10.6 Å². The molecule has 0 amide bonds. The van der Waals surface area contributed by atoms with Crippen LogP contribution in [-0.2, 0) is 6.42 Å². The summed E-state index contributed by atoms with van der Waals surface area (Å²) in [7, 11) is 1.77. The molecule has 0 saturated carbocycles. The molecule has 0 aliphatic rings. The van der Waals surface area contributed by atoms with Crippen molar-refractivity contribution in [3.05, 3.63) is 47.1 Å². The third-order valence-corrected chi connectivity index (χ3v) is 4.04. The summed E-state index contributed by atoms with van der Waals surface area (Å²) in [5, 5.41) is 10.6. The molecule has 0 fully saturated rings. The van der Waals surface area contributed by atoms with Crippen molar-refractivity contribution in [2.75, 3.05) is 20.1 Å². The number of aliphatic imine (C=N–C) groups is 1. The van der Waals surface area contributed by atoms with Gasteiger partial charge in [0.15, 0.2) is 11.8 Å². The Morgan fingerprint density at radius 2 is 2.00 bits per heavy atom. The summed E-state index contributed by atoms with van der Waals surface area (Å²) in [6.45, 7) is 9.94. The average Bonchev–Trinajstić information content (AvgIpc) is 3.07. The number of nitrogens with one attached hydrogen (secondary N) is 2. The van der Waals surface area contributed by atoms with Crippen LogP contribution in [0.25, 0.3) is 0 Å². The van der Waals surface area contributed by atoms with Gasteiger partial charge >= 0.3 is 0 Å². The van der Waals surface area contributed by atoms with Crippen LogP contribution in [0.3, 0.4) is 0 Å². The molecule has 6 nitrogen and oxygen atoms in total. The quantitative estimate of drug-likeness (QED) is 0.367. The molecule has 1 aromatic heterocycles. The van der Waals surface area contributed by atoms with Gasteiger partial charge in [-0.2, -0.15) is 4.98 Å². The van der Waals surface area contributed by atoms with E-state index in [0.29, 0.717) is 24.8 Å². The van der Waals surface area contributed by atoms with Gasteiger partial charge in [0.2, 0.25) is 5.89 Å². The number of aryl methyl sites for hydroxylation is 1. The maximum atomic E-state index is 5.25. The molecule has 0 radical (unpaired) electrons. The fourth-order valence-electron chi connectivity index (χ4n) is 2.46. The van der Waals surface area contributed by atoms with E-state index < -0.39 is 0 Å². The van der Waals surface area contributed by atoms with E-state index in [9.17, 15) is 0 Å². The minimum Gasteiger partial charge on any atom is -0.356 e. The largest absolute Gasteiger partial charge is 0.356 e. The first-order chi connectivity index (χ1) is 12.0. The minimum atomic E-state index is 0. The smallest absolute Gasteiger partial charge is 0.228 e. The van der Waals surface area contributed by atoms with Gasteiger partial charge in [-0.25, -0.2) is 0 Å². The first kappa shape index (κ1) is 22.4. The number of aromatic nitrogens is 2. The van der Waals surface area contributed by atoms with E-state index in [-0.39, 0.29) is 29.9 Å². The van der Waals surface area contributed by atoms with Crippen molar-refractivity contribution in [3.8, 4) is 0 Å². The second-order valence-electron chi connectivity index (χ2n) is 6.65. The van der Waals surface area contributed by atoms with E-state index in [2.05, 4.69) is 63.9 Å². The van der Waals surface area contributed by atoms with Crippen LogP contribution in [-0.4, -0.2) is 36.2 Å². The van der Waals surface area contributed by atoms with Crippen LogP contribution in [0, 0.1) is 6.92 Å². The van der Waals surface area contributed by atoms with Crippen molar-refractivity contribution < 1.29 is 4.52 Å². The number of guanidine groups is 1. The van der Waals surface area contributed by atoms with Crippen molar-refractivity contribution in [1.82, 2.24) is 20.8 Å². The Bertz CT molecular complexity index is 699. The second kappa shape index (κ2) is 11.2. The van der Waals surface area contributed by atoms with Gasteiger partial charge in [0, 0.05) is 32.5 Å². The van der Waals surface area contributed by atoms with E-state index in [1.165, 1.54) is 11.1 Å². The summed E-state index contributed by atoms with van der Waals surface area (Å²) in [5.74, 6) is 2.87. The third-order valence-electron chi connectivity index (χ3n) is 4.04. The Labute approximate surface area is 173 Å². The van der Waals surface area contributed by atoms with Crippen LogP contribution in [0.1, 0.15) is 55.4 Å². The van der Waals surface area contributed by atoms with Crippen molar-refractivity contribution in [1.29, 1.82) is 0 Å². The summed E-state index contributed by atoms with van der Waals surface area (Å²) in [6, 6.07) is 8.61. The average molecular weight is 471 g/mol. The fraction of sp³-hybridized carbons (Fsp3) is 0.526. The Morgan fingerprint density at radius 3 is 2.62 bits per heavy atom. The maximum Gasteiger partial charge on any atom is 0.228 e. The summed E-state index contributed by atoms with van der Waals surface area (Å²) in [6.07, 6.45) is 0.674. The molecule has 7 heteroatoms. The van der Waals surface area contributed by atoms with Gasteiger partial charge in [-0.1, -0.05) is 55.8 Å². The minimum absolute atomic E-state index is 0. The predicted molar refractivity (Wildman–Crippen MR) is 116 cm³/mol. The van der Waals surface area contributed by atoms with E-state index in [4.69, 9.17) is 4.52 Å². The lowest BCUT2D eigenvalue weighted by Crippen LogP contribution is -2.39. The molecule has 0 bridgehead atoms. The highest BCUT2D eigenvalue weighted by atomic mass is 127. The first-order valence-electron chi connectivity index (χ1n) is 8.83. The highest BCUT2D eigenvalue weighted by molar-refractivity contribution is 14.0. The third kappa shape index (κ3) is 6.93. The van der Waals surface area contributed by atoms with Gasteiger partial charge in [-0.3, -0.25) is 4.99 Å². The molecule has 0 spiro atoms. The topological polar surface area (TPSA) is 75.3 Å². The number of hydrogen-bond acceptors (Lipinski definition) is 4. The zero-order valence-corrected chi connectivity index (χ0v) is 18.6. The van der Waals surface area contributed by atoms with Crippen LogP contribution in [0.2, 0.25) is 0 Å². The number of hydrogen-bond donors (Lipinski definition) is 2. The summed E-state index contributed by atoms with van der Waals surface area (Å²) in [5.41, 5.74) is 2.61. The summed E-state index contributed by atoms with van der Waals surface area (Å²) >= 11 is 0. The van der Waals surface area contributed by atoms with Gasteiger partial charge < -0.3 is 15.2 Å². The van der Waals surface area contributed by atoms with Crippen molar-refractivity contribution in [2.24, 2.45) is 4.99 Å². The molecular formula is C19H30IN5O. The van der Waals surface area contributed by atoms with Crippen LogP contribution >= 0.6 is 24.0 Å². The highest BCUT2D eigenvalue weighted by Gasteiger charge is 2.10. The monoisotopic (exact) mass is 471 g/mol. The van der Waals surface area contributed by atoms with E-state index >= 15 is 0 Å². The lowest BCUT2D eigenvalue weighted by Gasteiger charge is -2.16. The zero-order chi connectivity index (χ0) is 18.2. The molecule has 2 N–H and O–H groups in total. The van der Waals surface area contributed by atoms with Crippen molar-refractivity contribution in [3.63, 3.8) is 0 Å². The lowest BCUT2D eigenvalue weighted by atomic mass is 9.99. The Morgan fingerprint density at radius 1 is 1.23 bits per heavy atom. The molecule has 1 atom stereocenters. The summed E-state index contributed by atoms with van der Waals surface area (Å²) in [4.78, 5) is 8.64. The Hall–Kier alpha value is -1.64. The molecule has 1 unspecified atom stereocenters. The standard InChI is InChI=1S/C19H29N5O.HI/c1-13(2)18-23-17(25-24-18)9-10-21-19(20-5)22-12-15(4)16-8-6-7-14(3)11-16;/h6-8,11,13,15H,9-10,12H2,1-5H3,(H2,20,21,22);1H. The normalized spacial score (nSPS) is 12.6. The van der Waals surface area contributed by atoms with Crippen molar-refractivity contribution in [2.45, 2.75) is 46.0 Å². The van der Waals surface area contributed by atoms with Crippen LogP contribution in [0.4, 0.5) is 0 Å². The molecule has 0 aliphatic carbocycles. The van der Waals surface area contributed by atoms with Gasteiger partial charge in [0.05, 0.1) is 0 Å². The van der Waals surface area contributed by atoms with Crippen LogP contribution in [0.5, 0.6) is 0 Å². The predicted octanol–water partition coefficient (Wildman–Crippen LogP) is 3.63. The Kier molecular flexibility index (Phi) is 9.61. The van der Waals surface area contributed by atoms with E-state index in [1.54, 1.807) is 7.05 Å². The molecule has 2 rings (SSSR count). The highest BCUT2D eigenvalue weighted by Crippen LogP contribution is 2.15. The maximum absolute atomic E-state index is 5.25. The van der Waals surface area contributed by atoms with E-state index in [0.717, 1.165) is 18.3 Å². The molecule has 144 valence electrons. The molecule has 0 aliphatic heterocycles. The molecule has 1 aromatic carbocycles. The van der Waals surface area contributed by atoms with Crippen LogP contribution in [0.15, 0.2) is 33.8 Å². The number of halogens is 1. The van der Waals surface area contributed by atoms with Crippen molar-refractivity contribution >= 4 is 29.9 Å². The van der Waals surface area contributed by atoms with Gasteiger partial charge in [-0.05, 0) is 18.4 Å². The molecule has 2 aromatic rings. The number of nitrogens with zero attached hydrogens (tertiary/aromatic N) is 3. The fourth-order valence-corrected chi connectivity index (χ4v) is 2.46. The zero-order valence-electron chi connectivity index (χ0n) is 16.2.